The Kier molecular flexibility index (Phi) is 5.46. The first-order valence-corrected chi connectivity index (χ1v) is 10.2. The van der Waals surface area contributed by atoms with Crippen molar-refractivity contribution in [2.24, 2.45) is 0 Å². The molecule has 2 heterocycles. The van der Waals surface area contributed by atoms with E-state index < -0.39 is 11.2 Å². The molecule has 1 aromatic heterocycles. The first kappa shape index (κ1) is 21.5. The minimum atomic E-state index is -0.956. The van der Waals surface area contributed by atoms with Gasteiger partial charge in [-0.25, -0.2) is 14.9 Å². The third kappa shape index (κ3) is 3.95. The average molecular weight is 431 g/mol. The van der Waals surface area contributed by atoms with Crippen LogP contribution in [0.5, 0.6) is 0 Å². The highest BCUT2D eigenvalue weighted by molar-refractivity contribution is 5.82. The van der Waals surface area contributed by atoms with Gasteiger partial charge in [0.25, 0.3) is 0 Å². The number of rotatable bonds is 2. The number of hydrogen-bond acceptors (Lipinski definition) is 5. The van der Waals surface area contributed by atoms with Crippen molar-refractivity contribution in [3.8, 4) is 24.0 Å². The van der Waals surface area contributed by atoms with Gasteiger partial charge in [-0.05, 0) is 62.6 Å². The molecule has 6 heteroatoms. The molecule has 33 heavy (non-hydrogen) atoms. The van der Waals surface area contributed by atoms with Gasteiger partial charge in [0.2, 0.25) is 0 Å². The predicted octanol–water partition coefficient (Wildman–Crippen LogP) is 4.94. The second-order valence-electron chi connectivity index (χ2n) is 7.99. The Morgan fingerprint density at radius 3 is 2.82 bits per heavy atom. The van der Waals surface area contributed by atoms with Crippen LogP contribution in [0.3, 0.4) is 0 Å². The number of benzene rings is 1. The zero-order chi connectivity index (χ0) is 23.6. The molecular weight excluding hydrogens is 414 g/mol. The lowest BCUT2D eigenvalue weighted by atomic mass is 9.94. The average Bonchev–Trinajstić information content (AvgIpc) is 3.03. The molecule has 2 aromatic rings. The zero-order valence-electron chi connectivity index (χ0n) is 18.0. The SMILES string of the molecule is [C-]#[N+]/C(C#N)=C1\OC(C)(C)C(/C=C/c2cc3cc4c(cc3oc2=O)C#C/C=C\CC4)=C1C#N. The Morgan fingerprint density at radius 1 is 1.27 bits per heavy atom. The molecule has 0 radical (unpaired) electrons. The van der Waals surface area contributed by atoms with Crippen molar-refractivity contribution in [1.82, 2.24) is 0 Å². The van der Waals surface area contributed by atoms with Gasteiger partial charge in [0.05, 0.1) is 23.8 Å². The van der Waals surface area contributed by atoms with Crippen LogP contribution in [0.4, 0.5) is 0 Å². The summed E-state index contributed by atoms with van der Waals surface area (Å²) in [7, 11) is 0. The lowest BCUT2D eigenvalue weighted by Crippen LogP contribution is -2.20. The lowest BCUT2D eigenvalue weighted by Gasteiger charge is -2.20. The largest absolute Gasteiger partial charge is 0.492 e. The maximum atomic E-state index is 12.6. The van der Waals surface area contributed by atoms with E-state index in [0.717, 1.165) is 29.4 Å². The molecule has 2 aliphatic rings. The van der Waals surface area contributed by atoms with Gasteiger partial charge in [-0.1, -0.05) is 24.0 Å². The number of fused-ring (bicyclic) bond motifs is 2. The van der Waals surface area contributed by atoms with Crippen molar-refractivity contribution in [2.75, 3.05) is 0 Å². The molecule has 158 valence electrons. The van der Waals surface area contributed by atoms with Crippen LogP contribution >= 0.6 is 0 Å². The molecule has 0 amide bonds. The lowest BCUT2D eigenvalue weighted by molar-refractivity contribution is 0.0953. The predicted molar refractivity (Wildman–Crippen MR) is 123 cm³/mol. The van der Waals surface area contributed by atoms with E-state index >= 15 is 0 Å². The van der Waals surface area contributed by atoms with Crippen LogP contribution in [0.15, 0.2) is 68.2 Å². The Labute approximate surface area is 190 Å². The van der Waals surface area contributed by atoms with Crippen molar-refractivity contribution in [2.45, 2.75) is 32.3 Å². The van der Waals surface area contributed by atoms with E-state index in [1.807, 2.05) is 24.3 Å². The molecule has 6 nitrogen and oxygen atoms in total. The summed E-state index contributed by atoms with van der Waals surface area (Å²) in [4.78, 5) is 15.8. The zero-order valence-corrected chi connectivity index (χ0v) is 18.0. The highest BCUT2D eigenvalue weighted by atomic mass is 16.5. The third-order valence-corrected chi connectivity index (χ3v) is 5.45. The minimum absolute atomic E-state index is 0.0426. The highest BCUT2D eigenvalue weighted by Crippen LogP contribution is 2.40. The standard InChI is InChI=1S/C27H17N3O3/c1-27(2)22(21(15-28)25(33-27)23(16-29)30-3)11-10-19-13-20-12-17-8-6-4-5-7-9-18(17)14-24(20)32-26(19)31/h4-5,10-14H,6,8H2,1-2H3/b5-4-,11-10+,25-23-. The van der Waals surface area contributed by atoms with Crippen LogP contribution in [0.2, 0.25) is 0 Å². The first-order chi connectivity index (χ1) is 15.9. The second-order valence-corrected chi connectivity index (χ2v) is 7.99. The molecule has 1 aromatic carbocycles. The summed E-state index contributed by atoms with van der Waals surface area (Å²) in [6, 6.07) is 9.31. The van der Waals surface area contributed by atoms with Crippen LogP contribution in [-0.2, 0) is 11.2 Å². The Bertz CT molecular complexity index is 1550. The molecule has 0 saturated carbocycles. The summed E-state index contributed by atoms with van der Waals surface area (Å²) >= 11 is 0. The van der Waals surface area contributed by atoms with E-state index in [9.17, 15) is 15.3 Å². The molecule has 0 N–H and O–H groups in total. The summed E-state index contributed by atoms with van der Waals surface area (Å²) < 4.78 is 11.3. The number of nitriles is 2. The molecule has 0 bridgehead atoms. The molecular formula is C27H17N3O3. The normalized spacial score (nSPS) is 18.6. The number of ether oxygens (including phenoxy) is 1. The molecule has 4 rings (SSSR count). The van der Waals surface area contributed by atoms with Crippen LogP contribution < -0.4 is 5.63 Å². The van der Waals surface area contributed by atoms with Crippen molar-refractivity contribution in [3.05, 3.63) is 97.6 Å². The highest BCUT2D eigenvalue weighted by Gasteiger charge is 2.38. The molecule has 0 saturated heterocycles. The maximum Gasteiger partial charge on any atom is 0.343 e. The molecule has 0 unspecified atom stereocenters. The monoisotopic (exact) mass is 431 g/mol. The molecule has 0 spiro atoms. The van der Waals surface area contributed by atoms with E-state index in [0.29, 0.717) is 16.7 Å². The Hall–Kier alpha value is -4.78. The van der Waals surface area contributed by atoms with Gasteiger partial charge >= 0.3 is 11.3 Å². The number of hydrogen-bond donors (Lipinski definition) is 0. The quantitative estimate of drug-likeness (QED) is 0.291. The third-order valence-electron chi connectivity index (χ3n) is 5.45. The van der Waals surface area contributed by atoms with Crippen molar-refractivity contribution in [3.63, 3.8) is 0 Å². The Morgan fingerprint density at radius 2 is 2.09 bits per heavy atom. The molecule has 1 aliphatic carbocycles. The van der Waals surface area contributed by atoms with Crippen LogP contribution in [0.1, 0.15) is 37.0 Å². The summed E-state index contributed by atoms with van der Waals surface area (Å²) in [6.07, 6.45) is 8.74. The van der Waals surface area contributed by atoms with Gasteiger partial charge in [-0.15, -0.1) is 0 Å². The van der Waals surface area contributed by atoms with E-state index in [2.05, 4.69) is 16.7 Å². The molecule has 0 fully saturated rings. The van der Waals surface area contributed by atoms with Gasteiger partial charge in [0.1, 0.15) is 17.3 Å². The van der Waals surface area contributed by atoms with Gasteiger partial charge in [-0.2, -0.15) is 5.26 Å². The van der Waals surface area contributed by atoms with Crippen molar-refractivity contribution in [1.29, 1.82) is 10.5 Å². The van der Waals surface area contributed by atoms with Gasteiger partial charge in [-0.3, -0.25) is 0 Å². The minimum Gasteiger partial charge on any atom is -0.492 e. The van der Waals surface area contributed by atoms with Crippen molar-refractivity contribution < 1.29 is 9.15 Å². The molecule has 0 atom stereocenters. The molecule has 1 aliphatic heterocycles. The second kappa shape index (κ2) is 8.39. The van der Waals surface area contributed by atoms with E-state index in [1.54, 1.807) is 44.2 Å². The van der Waals surface area contributed by atoms with Gasteiger partial charge < -0.3 is 9.15 Å². The Balaban J connectivity index is 1.82. The van der Waals surface area contributed by atoms with Gasteiger partial charge in [0, 0.05) is 16.5 Å². The van der Waals surface area contributed by atoms with E-state index in [4.69, 9.17) is 15.7 Å². The van der Waals surface area contributed by atoms with Crippen LogP contribution in [0, 0.1) is 41.1 Å². The fourth-order valence-corrected chi connectivity index (χ4v) is 3.82. The van der Waals surface area contributed by atoms with Crippen LogP contribution in [0.25, 0.3) is 21.9 Å². The van der Waals surface area contributed by atoms with E-state index in [1.165, 1.54) is 0 Å². The first-order valence-electron chi connectivity index (χ1n) is 10.2. The van der Waals surface area contributed by atoms with Crippen LogP contribution in [-0.4, -0.2) is 5.60 Å². The van der Waals surface area contributed by atoms with Crippen molar-refractivity contribution >= 4 is 17.0 Å². The number of aryl methyl sites for hydroxylation is 1. The summed E-state index contributed by atoms with van der Waals surface area (Å²) in [5, 5.41) is 19.6. The number of allylic oxidation sites excluding steroid dienone is 4. The fourth-order valence-electron chi connectivity index (χ4n) is 3.82. The summed E-state index contributed by atoms with van der Waals surface area (Å²) in [6.45, 7) is 10.6. The topological polar surface area (TPSA) is 91.4 Å². The van der Waals surface area contributed by atoms with Gasteiger partial charge in [0.15, 0.2) is 5.76 Å². The summed E-state index contributed by atoms with van der Waals surface area (Å²) in [5.74, 6) is 6.02. The summed E-state index contributed by atoms with van der Waals surface area (Å²) in [5.41, 5.74) is 1.49. The van der Waals surface area contributed by atoms with E-state index in [-0.39, 0.29) is 17.0 Å². The smallest absolute Gasteiger partial charge is 0.343 e. The fraction of sp³-hybridized carbons (Fsp3) is 0.185. The number of nitrogens with zero attached hydrogens (tertiary/aromatic N) is 3. The maximum absolute atomic E-state index is 12.6.